The van der Waals surface area contributed by atoms with Crippen molar-refractivity contribution in [3.63, 3.8) is 0 Å². The highest BCUT2D eigenvalue weighted by molar-refractivity contribution is 14.1. The Labute approximate surface area is 164 Å². The summed E-state index contributed by atoms with van der Waals surface area (Å²) < 4.78 is 19.8. The predicted molar refractivity (Wildman–Crippen MR) is 114 cm³/mol. The van der Waals surface area contributed by atoms with E-state index in [1.807, 2.05) is 0 Å². The van der Waals surface area contributed by atoms with Gasteiger partial charge in [0.15, 0.2) is 22.9 Å². The van der Waals surface area contributed by atoms with E-state index < -0.39 is 29.0 Å². The molecule has 0 spiro atoms. The van der Waals surface area contributed by atoms with E-state index in [1.165, 1.54) is 0 Å². The summed E-state index contributed by atoms with van der Waals surface area (Å²) in [6, 6.07) is 0. The average molecular weight is 489 g/mol. The standard InChI is InChI=1S/C17H37IO4Si2/c1-16(2,3)23(7,8)21-13-12(11-18)20-15(19)14(13)22-24(9,10)17(4,5)6/h12-15,19H,11H2,1-10H3/t12-,13+,14-,15?/m1/s1. The average Bonchev–Trinajstić information content (AvgIpc) is 2.63. The Morgan fingerprint density at radius 1 is 0.875 bits per heavy atom. The van der Waals surface area contributed by atoms with Gasteiger partial charge < -0.3 is 18.7 Å². The summed E-state index contributed by atoms with van der Waals surface area (Å²) in [4.78, 5) is 0. The first kappa shape index (κ1) is 23.0. The topological polar surface area (TPSA) is 47.9 Å². The number of hydrogen-bond donors (Lipinski definition) is 1. The molecule has 7 heteroatoms. The number of aliphatic hydroxyl groups excluding tert-OH is 1. The Morgan fingerprint density at radius 2 is 1.25 bits per heavy atom. The van der Waals surface area contributed by atoms with E-state index in [2.05, 4.69) is 90.3 Å². The second-order valence-electron chi connectivity index (χ2n) is 9.90. The molecule has 0 aromatic carbocycles. The molecule has 4 nitrogen and oxygen atoms in total. The first-order valence-electron chi connectivity index (χ1n) is 8.78. The van der Waals surface area contributed by atoms with Crippen LogP contribution in [0.3, 0.4) is 0 Å². The summed E-state index contributed by atoms with van der Waals surface area (Å²) in [5.74, 6) is 0. The third kappa shape index (κ3) is 5.04. The molecule has 144 valence electrons. The van der Waals surface area contributed by atoms with Crippen LogP contribution < -0.4 is 0 Å². The van der Waals surface area contributed by atoms with Gasteiger partial charge in [0, 0.05) is 4.43 Å². The number of alkyl halides is 1. The SMILES string of the molecule is CC(C)(C)[Si](C)(C)O[C@H]1[C@@H](CI)OC(O)[C@@H]1O[Si](C)(C)C(C)(C)C. The second-order valence-corrected chi connectivity index (χ2v) is 20.3. The Kier molecular flexibility index (Phi) is 7.25. The first-order chi connectivity index (χ1) is 10.5. The van der Waals surface area contributed by atoms with Gasteiger partial charge in [-0.05, 0) is 36.3 Å². The lowest BCUT2D eigenvalue weighted by atomic mass is 10.2. The van der Waals surface area contributed by atoms with Crippen LogP contribution in [0.5, 0.6) is 0 Å². The summed E-state index contributed by atoms with van der Waals surface area (Å²) >= 11 is 2.31. The van der Waals surface area contributed by atoms with Gasteiger partial charge >= 0.3 is 0 Å². The van der Waals surface area contributed by atoms with Gasteiger partial charge in [-0.25, -0.2) is 0 Å². The fourth-order valence-electron chi connectivity index (χ4n) is 2.13. The van der Waals surface area contributed by atoms with E-state index in [0.29, 0.717) is 0 Å². The van der Waals surface area contributed by atoms with Crippen LogP contribution in [0, 0.1) is 0 Å². The zero-order valence-electron chi connectivity index (χ0n) is 17.1. The molecule has 1 heterocycles. The normalized spacial score (nSPS) is 30.0. The summed E-state index contributed by atoms with van der Waals surface area (Å²) in [7, 11) is -4.00. The Balaban J connectivity index is 3.08. The minimum absolute atomic E-state index is 0.0800. The molecule has 1 aliphatic rings. The van der Waals surface area contributed by atoms with E-state index in [1.54, 1.807) is 0 Å². The summed E-state index contributed by atoms with van der Waals surface area (Å²) in [5, 5.41) is 10.7. The van der Waals surface area contributed by atoms with Gasteiger partial charge in [-0.1, -0.05) is 64.1 Å². The van der Waals surface area contributed by atoms with Crippen molar-refractivity contribution in [3.8, 4) is 0 Å². The monoisotopic (exact) mass is 488 g/mol. The Bertz CT molecular complexity index is 429. The van der Waals surface area contributed by atoms with Gasteiger partial charge in [0.05, 0.1) is 6.10 Å². The minimum Gasteiger partial charge on any atom is -0.408 e. The van der Waals surface area contributed by atoms with Crippen LogP contribution >= 0.6 is 22.6 Å². The maximum absolute atomic E-state index is 10.5. The van der Waals surface area contributed by atoms with Gasteiger partial charge in [0.2, 0.25) is 0 Å². The van der Waals surface area contributed by atoms with Crippen LogP contribution in [0.15, 0.2) is 0 Å². The number of hydrogen-bond acceptors (Lipinski definition) is 4. The van der Waals surface area contributed by atoms with Crippen LogP contribution in [0.2, 0.25) is 36.3 Å². The molecule has 0 radical (unpaired) electrons. The van der Waals surface area contributed by atoms with Crippen LogP contribution in [0.4, 0.5) is 0 Å². The molecule has 1 saturated heterocycles. The zero-order valence-corrected chi connectivity index (χ0v) is 21.2. The van der Waals surface area contributed by atoms with E-state index in [4.69, 9.17) is 13.6 Å². The van der Waals surface area contributed by atoms with E-state index >= 15 is 0 Å². The summed E-state index contributed by atoms with van der Waals surface area (Å²) in [6.45, 7) is 22.2. The quantitative estimate of drug-likeness (QED) is 0.339. The van der Waals surface area contributed by atoms with Crippen LogP contribution in [-0.4, -0.2) is 50.8 Å². The van der Waals surface area contributed by atoms with Gasteiger partial charge in [0.1, 0.15) is 12.2 Å². The van der Waals surface area contributed by atoms with Crippen molar-refractivity contribution < 1.29 is 18.7 Å². The first-order valence-corrected chi connectivity index (χ1v) is 16.1. The second kappa shape index (κ2) is 7.55. The van der Waals surface area contributed by atoms with Crippen molar-refractivity contribution in [3.05, 3.63) is 0 Å². The zero-order chi connectivity index (χ0) is 19.1. The molecule has 1 N–H and O–H groups in total. The third-order valence-corrected chi connectivity index (χ3v) is 15.7. The maximum Gasteiger partial charge on any atom is 0.192 e. The fourth-order valence-corrected chi connectivity index (χ4v) is 5.45. The molecule has 0 aliphatic carbocycles. The van der Waals surface area contributed by atoms with Gasteiger partial charge in [-0.2, -0.15) is 0 Å². The van der Waals surface area contributed by atoms with Crippen molar-refractivity contribution in [2.45, 2.75) is 102 Å². The smallest absolute Gasteiger partial charge is 0.192 e. The molecule has 0 aromatic heterocycles. The maximum atomic E-state index is 10.5. The molecule has 1 aliphatic heterocycles. The third-order valence-electron chi connectivity index (χ3n) is 5.91. The van der Waals surface area contributed by atoms with Gasteiger partial charge in [-0.3, -0.25) is 0 Å². The molecule has 0 aromatic rings. The van der Waals surface area contributed by atoms with Crippen LogP contribution in [0.25, 0.3) is 0 Å². The summed E-state index contributed by atoms with van der Waals surface area (Å²) in [6.07, 6.45) is -1.63. The Hall–Kier alpha value is 1.00. The lowest BCUT2D eigenvalue weighted by Crippen LogP contribution is -2.54. The molecule has 0 bridgehead atoms. The van der Waals surface area contributed by atoms with Crippen molar-refractivity contribution in [1.29, 1.82) is 0 Å². The molecule has 1 fully saturated rings. The molecule has 1 unspecified atom stereocenters. The predicted octanol–water partition coefficient (Wildman–Crippen LogP) is 4.92. The largest absolute Gasteiger partial charge is 0.408 e. The molecular weight excluding hydrogens is 451 g/mol. The van der Waals surface area contributed by atoms with E-state index in [9.17, 15) is 5.11 Å². The Morgan fingerprint density at radius 3 is 1.58 bits per heavy atom. The van der Waals surface area contributed by atoms with Crippen molar-refractivity contribution >= 4 is 39.2 Å². The molecular formula is C17H37IO4Si2. The number of ether oxygens (including phenoxy) is 1. The highest BCUT2D eigenvalue weighted by atomic mass is 127. The van der Waals surface area contributed by atoms with Crippen molar-refractivity contribution in [1.82, 2.24) is 0 Å². The lowest BCUT2D eigenvalue weighted by molar-refractivity contribution is -0.119. The van der Waals surface area contributed by atoms with Gasteiger partial charge in [-0.15, -0.1) is 0 Å². The van der Waals surface area contributed by atoms with Crippen molar-refractivity contribution in [2.75, 3.05) is 4.43 Å². The van der Waals surface area contributed by atoms with E-state index in [0.717, 1.165) is 4.43 Å². The molecule has 0 amide bonds. The highest BCUT2D eigenvalue weighted by Crippen LogP contribution is 2.43. The summed E-state index contributed by atoms with van der Waals surface area (Å²) in [5.41, 5.74) is 0. The fraction of sp³-hybridized carbons (Fsp3) is 1.00. The molecule has 1 rings (SSSR count). The van der Waals surface area contributed by atoms with E-state index in [-0.39, 0.29) is 22.3 Å². The molecule has 24 heavy (non-hydrogen) atoms. The lowest BCUT2D eigenvalue weighted by Gasteiger charge is -2.43. The molecule has 0 saturated carbocycles. The van der Waals surface area contributed by atoms with Crippen LogP contribution in [0.1, 0.15) is 41.5 Å². The molecule has 4 atom stereocenters. The number of aliphatic hydroxyl groups is 1. The number of rotatable bonds is 5. The van der Waals surface area contributed by atoms with Gasteiger partial charge in [0.25, 0.3) is 0 Å². The number of halogens is 1. The van der Waals surface area contributed by atoms with Crippen LogP contribution in [-0.2, 0) is 13.6 Å². The van der Waals surface area contributed by atoms with Crippen molar-refractivity contribution in [2.24, 2.45) is 0 Å². The minimum atomic E-state index is -2.02. The highest BCUT2D eigenvalue weighted by Gasteiger charge is 2.52.